The van der Waals surface area contributed by atoms with Crippen LogP contribution in [0.2, 0.25) is 0 Å². The predicted molar refractivity (Wildman–Crippen MR) is 191 cm³/mol. The van der Waals surface area contributed by atoms with Gasteiger partial charge in [0.25, 0.3) is 0 Å². The van der Waals surface area contributed by atoms with Gasteiger partial charge in [-0.3, -0.25) is 9.59 Å². The summed E-state index contributed by atoms with van der Waals surface area (Å²) < 4.78 is 0. The third-order valence-corrected chi connectivity index (χ3v) is 7.99. The topological polar surface area (TPSA) is 115 Å². The van der Waals surface area contributed by atoms with Crippen LogP contribution < -0.4 is 0 Å². The van der Waals surface area contributed by atoms with Gasteiger partial charge < -0.3 is 20.4 Å². The molecule has 0 fully saturated rings. The molecular formula is C38H80O6Ti. The SMILES string of the molecule is CCCCCCCCCCCCCCCCCC(=O)O.CCCCCCCCCCCCCCCCCC(=O)O.CO.CO.[Ti]. The average Bonchev–Trinajstić information content (AvgIpc) is 3.03. The van der Waals surface area contributed by atoms with Crippen molar-refractivity contribution in [2.45, 2.75) is 219 Å². The Balaban J connectivity index is -0.000000209. The normalized spacial score (nSPS) is 9.91. The van der Waals surface area contributed by atoms with Gasteiger partial charge in [-0.25, -0.2) is 0 Å². The third kappa shape index (κ3) is 66.8. The first-order valence-corrected chi connectivity index (χ1v) is 18.9. The number of aliphatic hydroxyl groups excluding tert-OH is 2. The van der Waals surface area contributed by atoms with E-state index in [2.05, 4.69) is 13.8 Å². The van der Waals surface area contributed by atoms with Crippen LogP contribution >= 0.6 is 0 Å². The van der Waals surface area contributed by atoms with Crippen LogP contribution in [-0.4, -0.2) is 46.6 Å². The minimum absolute atomic E-state index is 0. The third-order valence-electron chi connectivity index (χ3n) is 7.99. The van der Waals surface area contributed by atoms with E-state index in [9.17, 15) is 9.59 Å². The summed E-state index contributed by atoms with van der Waals surface area (Å²) in [6.45, 7) is 4.54. The molecule has 45 heavy (non-hydrogen) atoms. The van der Waals surface area contributed by atoms with Gasteiger partial charge in [-0.05, 0) is 12.8 Å². The average molecular weight is 681 g/mol. The summed E-state index contributed by atoms with van der Waals surface area (Å²) in [5.41, 5.74) is 0. The molecule has 0 saturated heterocycles. The van der Waals surface area contributed by atoms with Gasteiger partial charge in [-0.1, -0.05) is 194 Å². The number of aliphatic hydroxyl groups is 2. The van der Waals surface area contributed by atoms with E-state index in [-0.39, 0.29) is 21.7 Å². The fourth-order valence-electron chi connectivity index (χ4n) is 5.30. The zero-order valence-corrected chi connectivity index (χ0v) is 32.3. The summed E-state index contributed by atoms with van der Waals surface area (Å²) in [7, 11) is 2.00. The minimum atomic E-state index is -0.653. The van der Waals surface area contributed by atoms with Crippen LogP contribution in [0, 0.1) is 0 Å². The van der Waals surface area contributed by atoms with Crippen molar-refractivity contribution in [1.29, 1.82) is 0 Å². The molecule has 0 bridgehead atoms. The Hall–Kier alpha value is -0.426. The molecule has 0 radical (unpaired) electrons. The summed E-state index contributed by atoms with van der Waals surface area (Å²) >= 11 is 0. The largest absolute Gasteiger partial charge is 0.481 e. The van der Waals surface area contributed by atoms with E-state index in [1.807, 2.05) is 0 Å². The quantitative estimate of drug-likeness (QED) is 0.0415. The van der Waals surface area contributed by atoms with Gasteiger partial charge in [-0.15, -0.1) is 0 Å². The van der Waals surface area contributed by atoms with Crippen molar-refractivity contribution in [2.24, 2.45) is 0 Å². The Kier molecular flexibility index (Phi) is 67.2. The van der Waals surface area contributed by atoms with Gasteiger partial charge in [0.05, 0.1) is 0 Å². The second-order valence-corrected chi connectivity index (χ2v) is 12.2. The molecule has 0 aliphatic rings. The van der Waals surface area contributed by atoms with Crippen molar-refractivity contribution in [3.05, 3.63) is 0 Å². The Morgan fingerprint density at radius 2 is 0.444 bits per heavy atom. The molecule has 0 spiro atoms. The van der Waals surface area contributed by atoms with Crippen molar-refractivity contribution >= 4 is 11.9 Å². The first-order valence-electron chi connectivity index (χ1n) is 18.9. The van der Waals surface area contributed by atoms with Gasteiger partial charge in [0, 0.05) is 48.8 Å². The molecule has 0 aliphatic carbocycles. The zero-order valence-electron chi connectivity index (χ0n) is 30.7. The van der Waals surface area contributed by atoms with Crippen LogP contribution in [0.25, 0.3) is 0 Å². The molecule has 0 unspecified atom stereocenters. The maximum Gasteiger partial charge on any atom is 0.303 e. The number of hydrogen-bond donors (Lipinski definition) is 4. The summed E-state index contributed by atoms with van der Waals surface area (Å²) in [5.74, 6) is -1.31. The molecule has 0 aromatic heterocycles. The number of carboxylic acids is 2. The Bertz CT molecular complexity index is 461. The first kappa shape index (κ1) is 54.0. The van der Waals surface area contributed by atoms with Crippen molar-refractivity contribution in [3.63, 3.8) is 0 Å². The van der Waals surface area contributed by atoms with Gasteiger partial charge in [0.2, 0.25) is 0 Å². The summed E-state index contributed by atoms with van der Waals surface area (Å²) in [6.07, 6.45) is 40.4. The first-order chi connectivity index (χ1) is 21.5. The summed E-state index contributed by atoms with van der Waals surface area (Å²) in [6, 6.07) is 0. The van der Waals surface area contributed by atoms with Crippen LogP contribution in [0.15, 0.2) is 0 Å². The van der Waals surface area contributed by atoms with Crippen molar-refractivity contribution in [3.8, 4) is 0 Å². The van der Waals surface area contributed by atoms with E-state index in [4.69, 9.17) is 20.4 Å². The number of unbranched alkanes of at least 4 members (excludes halogenated alkanes) is 28. The maximum absolute atomic E-state index is 10.3. The molecule has 0 amide bonds. The van der Waals surface area contributed by atoms with E-state index >= 15 is 0 Å². The second kappa shape index (κ2) is 55.9. The van der Waals surface area contributed by atoms with E-state index in [0.29, 0.717) is 12.8 Å². The van der Waals surface area contributed by atoms with E-state index in [1.165, 1.54) is 167 Å². The molecule has 0 aliphatic heterocycles. The molecular weight excluding hydrogens is 600 g/mol. The number of carbonyl (C=O) groups is 2. The zero-order chi connectivity index (χ0) is 33.8. The number of aliphatic carboxylic acids is 2. The number of carboxylic acid groups (broad SMARTS) is 2. The van der Waals surface area contributed by atoms with Crippen LogP contribution in [0.1, 0.15) is 219 Å². The molecule has 0 heterocycles. The predicted octanol–water partition coefficient (Wildman–Crippen LogP) is 11.9. The molecule has 0 rings (SSSR count). The standard InChI is InChI=1S/2C18H36O2.2CH4O.Ti/c2*1-2-3-4-5-6-7-8-9-10-11-12-13-14-15-16-17-18(19)20;2*1-2;/h2*2-17H2,1H3,(H,19,20);2*2H,1H3;. The smallest absolute Gasteiger partial charge is 0.303 e. The van der Waals surface area contributed by atoms with Crippen molar-refractivity contribution in [2.75, 3.05) is 14.2 Å². The van der Waals surface area contributed by atoms with E-state index in [1.54, 1.807) is 0 Å². The molecule has 0 aromatic carbocycles. The summed E-state index contributed by atoms with van der Waals surface area (Å²) in [5, 5.41) is 31.0. The second-order valence-electron chi connectivity index (χ2n) is 12.2. The Labute approximate surface area is 296 Å². The molecule has 0 atom stereocenters. The van der Waals surface area contributed by atoms with E-state index in [0.717, 1.165) is 39.9 Å². The molecule has 272 valence electrons. The van der Waals surface area contributed by atoms with Crippen LogP contribution in [0.5, 0.6) is 0 Å². The van der Waals surface area contributed by atoms with Gasteiger partial charge in [-0.2, -0.15) is 0 Å². The molecule has 0 aromatic rings. The molecule has 7 heteroatoms. The molecule has 0 saturated carbocycles. The number of hydrogen-bond acceptors (Lipinski definition) is 4. The van der Waals surface area contributed by atoms with Gasteiger partial charge in [0.1, 0.15) is 0 Å². The summed E-state index contributed by atoms with van der Waals surface area (Å²) in [4.78, 5) is 20.7. The van der Waals surface area contributed by atoms with Crippen molar-refractivity contribution in [1.82, 2.24) is 0 Å². The Morgan fingerprint density at radius 3 is 0.578 bits per heavy atom. The van der Waals surface area contributed by atoms with E-state index < -0.39 is 11.9 Å². The van der Waals surface area contributed by atoms with Crippen LogP contribution in [0.4, 0.5) is 0 Å². The van der Waals surface area contributed by atoms with Crippen molar-refractivity contribution < 1.29 is 51.7 Å². The molecule has 4 N–H and O–H groups in total. The fourth-order valence-corrected chi connectivity index (χ4v) is 5.30. The van der Waals surface area contributed by atoms with Crippen LogP contribution in [0.3, 0.4) is 0 Å². The monoisotopic (exact) mass is 681 g/mol. The minimum Gasteiger partial charge on any atom is -0.481 e. The fraction of sp³-hybridized carbons (Fsp3) is 0.947. The van der Waals surface area contributed by atoms with Gasteiger partial charge >= 0.3 is 11.9 Å². The number of rotatable bonds is 32. The van der Waals surface area contributed by atoms with Gasteiger partial charge in [0.15, 0.2) is 0 Å². The molecule has 6 nitrogen and oxygen atoms in total. The Morgan fingerprint density at radius 1 is 0.311 bits per heavy atom. The maximum atomic E-state index is 10.3. The van der Waals surface area contributed by atoms with Crippen LogP contribution in [-0.2, 0) is 31.3 Å².